The highest BCUT2D eigenvalue weighted by Crippen LogP contribution is 2.28. The van der Waals surface area contributed by atoms with Crippen molar-refractivity contribution in [3.05, 3.63) is 29.8 Å². The molecule has 1 aromatic rings. The van der Waals surface area contributed by atoms with Gasteiger partial charge in [0.15, 0.2) is 0 Å². The molecule has 0 bridgehead atoms. The molecule has 0 aromatic heterocycles. The van der Waals surface area contributed by atoms with Crippen LogP contribution in [0.3, 0.4) is 0 Å². The third kappa shape index (κ3) is 4.62. The van der Waals surface area contributed by atoms with Gasteiger partial charge in [-0.3, -0.25) is 0 Å². The van der Waals surface area contributed by atoms with Crippen LogP contribution in [0.2, 0.25) is 0 Å². The van der Waals surface area contributed by atoms with E-state index in [1.807, 2.05) is 42.4 Å². The molecule has 1 saturated heterocycles. The first-order valence-corrected chi connectivity index (χ1v) is 9.06. The van der Waals surface area contributed by atoms with Crippen molar-refractivity contribution >= 4 is 11.0 Å². The number of likely N-dealkylation sites (N-methyl/N-ethyl adjacent to an activating group) is 1. The molecule has 2 rings (SSSR count). The Balaban J connectivity index is 0.00000116. The summed E-state index contributed by atoms with van der Waals surface area (Å²) >= 11 is 0. The third-order valence-electron chi connectivity index (χ3n) is 3.83. The van der Waals surface area contributed by atoms with E-state index in [4.69, 9.17) is 0 Å². The summed E-state index contributed by atoms with van der Waals surface area (Å²) in [5, 5.41) is 10.2. The normalized spacial score (nSPS) is 20.6. The summed E-state index contributed by atoms with van der Waals surface area (Å²) in [6.45, 7) is 9.10. The topological polar surface area (TPSA) is 43.8 Å². The van der Waals surface area contributed by atoms with Gasteiger partial charge in [0.1, 0.15) is 11.0 Å². The molecular formula is C17H30N2O2S. The van der Waals surface area contributed by atoms with Crippen LogP contribution in [0, 0.1) is 0 Å². The zero-order valence-electron chi connectivity index (χ0n) is 14.7. The van der Waals surface area contributed by atoms with Crippen molar-refractivity contribution < 1.29 is 9.32 Å². The van der Waals surface area contributed by atoms with E-state index in [1.54, 1.807) is 13.8 Å². The quantitative estimate of drug-likeness (QED) is 0.925. The summed E-state index contributed by atoms with van der Waals surface area (Å²) in [4.78, 5) is 2.90. The molecule has 0 aliphatic carbocycles. The van der Waals surface area contributed by atoms with Crippen LogP contribution in [0.5, 0.6) is 0 Å². The van der Waals surface area contributed by atoms with Gasteiger partial charge in [-0.1, -0.05) is 32.0 Å². The first kappa shape index (κ1) is 19.3. The monoisotopic (exact) mass is 326 g/mol. The summed E-state index contributed by atoms with van der Waals surface area (Å²) in [6, 6.07) is 7.91. The Morgan fingerprint density at radius 3 is 2.36 bits per heavy atom. The fraction of sp³-hybridized carbons (Fsp3) is 0.647. The maximum Gasteiger partial charge on any atom is 0.128 e. The number of hydrogen-bond acceptors (Lipinski definition) is 3. The number of nitrogens with zero attached hydrogens (tertiary/aromatic N) is 2. The van der Waals surface area contributed by atoms with Crippen molar-refractivity contribution in [2.75, 3.05) is 27.2 Å². The maximum absolute atomic E-state index is 12.8. The Morgan fingerprint density at radius 2 is 1.86 bits per heavy atom. The Morgan fingerprint density at radius 1 is 1.27 bits per heavy atom. The molecule has 2 atom stereocenters. The minimum atomic E-state index is -1.21. The minimum absolute atomic E-state index is 0.452. The third-order valence-corrected chi connectivity index (χ3v) is 5.36. The summed E-state index contributed by atoms with van der Waals surface area (Å²) in [6.07, 6.45) is 1.03. The molecule has 0 amide bonds. The molecule has 126 valence electrons. The van der Waals surface area contributed by atoms with Crippen LogP contribution >= 0.6 is 0 Å². The summed E-state index contributed by atoms with van der Waals surface area (Å²) in [5.74, 6) is 0. The van der Waals surface area contributed by atoms with Crippen LogP contribution in [-0.4, -0.2) is 51.7 Å². The number of hydrogen-bond donors (Lipinski definition) is 1. The van der Waals surface area contributed by atoms with Gasteiger partial charge in [-0.2, -0.15) is 0 Å². The van der Waals surface area contributed by atoms with Gasteiger partial charge in [0.2, 0.25) is 0 Å². The highest BCUT2D eigenvalue weighted by Gasteiger charge is 2.31. The lowest BCUT2D eigenvalue weighted by atomic mass is 9.99. The SMILES string of the molecule is CC.CN(C)C1CCN(S(=O)c2ccccc2C(C)(C)O)C1. The van der Waals surface area contributed by atoms with Crippen molar-refractivity contribution in [3.63, 3.8) is 0 Å². The van der Waals surface area contributed by atoms with E-state index in [1.165, 1.54) is 0 Å². The Bertz CT molecular complexity index is 498. The van der Waals surface area contributed by atoms with E-state index in [0.29, 0.717) is 6.04 Å². The Kier molecular flexibility index (Phi) is 7.19. The largest absolute Gasteiger partial charge is 0.386 e. The molecule has 1 aliphatic rings. The standard InChI is InChI=1S/C15H24N2O2S.C2H6/c1-15(2,18)13-7-5-6-8-14(13)20(19)17-10-9-12(11-17)16(3)4;1-2/h5-8,12,18H,9-11H2,1-4H3;1-2H3. The van der Waals surface area contributed by atoms with Crippen molar-refractivity contribution in [1.82, 2.24) is 9.21 Å². The van der Waals surface area contributed by atoms with E-state index in [-0.39, 0.29) is 0 Å². The second kappa shape index (κ2) is 8.20. The van der Waals surface area contributed by atoms with Crippen LogP contribution in [0.15, 0.2) is 29.2 Å². The Labute approximate surface area is 137 Å². The fourth-order valence-corrected chi connectivity index (χ4v) is 4.10. The fourth-order valence-electron chi connectivity index (χ4n) is 2.55. The molecule has 1 aromatic carbocycles. The van der Waals surface area contributed by atoms with Crippen LogP contribution in [0.1, 0.15) is 39.7 Å². The molecule has 22 heavy (non-hydrogen) atoms. The smallest absolute Gasteiger partial charge is 0.128 e. The van der Waals surface area contributed by atoms with E-state index in [0.717, 1.165) is 30.0 Å². The van der Waals surface area contributed by atoms with Crippen molar-refractivity contribution in [2.45, 2.75) is 50.7 Å². The summed E-state index contributed by atoms with van der Waals surface area (Å²) < 4.78 is 14.8. The lowest BCUT2D eigenvalue weighted by molar-refractivity contribution is 0.0755. The van der Waals surface area contributed by atoms with E-state index in [9.17, 15) is 9.32 Å². The van der Waals surface area contributed by atoms with Gasteiger partial charge in [0.25, 0.3) is 0 Å². The van der Waals surface area contributed by atoms with Gasteiger partial charge in [0, 0.05) is 24.7 Å². The molecule has 0 saturated carbocycles. The average Bonchev–Trinajstić information content (AvgIpc) is 2.98. The predicted molar refractivity (Wildman–Crippen MR) is 93.1 cm³/mol. The molecule has 1 fully saturated rings. The lowest BCUT2D eigenvalue weighted by Gasteiger charge is -2.24. The highest BCUT2D eigenvalue weighted by atomic mass is 32.2. The van der Waals surface area contributed by atoms with Gasteiger partial charge in [-0.25, -0.2) is 8.51 Å². The highest BCUT2D eigenvalue weighted by molar-refractivity contribution is 7.82. The first-order chi connectivity index (χ1) is 10.3. The molecule has 0 radical (unpaired) electrons. The number of benzene rings is 1. The van der Waals surface area contributed by atoms with E-state index in [2.05, 4.69) is 19.0 Å². The second-order valence-corrected chi connectivity index (χ2v) is 7.55. The van der Waals surface area contributed by atoms with Crippen LogP contribution in [0.25, 0.3) is 0 Å². The maximum atomic E-state index is 12.8. The van der Waals surface area contributed by atoms with E-state index >= 15 is 0 Å². The van der Waals surface area contributed by atoms with Gasteiger partial charge in [-0.05, 0) is 40.4 Å². The zero-order chi connectivity index (χ0) is 16.9. The van der Waals surface area contributed by atoms with Crippen molar-refractivity contribution in [2.24, 2.45) is 0 Å². The van der Waals surface area contributed by atoms with Gasteiger partial charge in [-0.15, -0.1) is 0 Å². The van der Waals surface area contributed by atoms with Gasteiger partial charge < -0.3 is 10.0 Å². The number of aliphatic hydroxyl groups is 1. The van der Waals surface area contributed by atoms with Crippen LogP contribution < -0.4 is 0 Å². The van der Waals surface area contributed by atoms with E-state index < -0.39 is 16.6 Å². The molecule has 4 nitrogen and oxygen atoms in total. The van der Waals surface area contributed by atoms with Crippen molar-refractivity contribution in [1.29, 1.82) is 0 Å². The van der Waals surface area contributed by atoms with Crippen LogP contribution in [-0.2, 0) is 16.6 Å². The average molecular weight is 327 g/mol. The molecule has 2 unspecified atom stereocenters. The summed E-state index contributed by atoms with van der Waals surface area (Å²) in [7, 11) is 2.91. The number of rotatable bonds is 4. The second-order valence-electron chi connectivity index (χ2n) is 6.10. The summed E-state index contributed by atoms with van der Waals surface area (Å²) in [5.41, 5.74) is -0.237. The van der Waals surface area contributed by atoms with Gasteiger partial charge in [0.05, 0.1) is 10.5 Å². The minimum Gasteiger partial charge on any atom is -0.386 e. The van der Waals surface area contributed by atoms with Crippen LogP contribution in [0.4, 0.5) is 0 Å². The zero-order valence-corrected chi connectivity index (χ0v) is 15.5. The predicted octanol–water partition coefficient (Wildman–Crippen LogP) is 2.60. The Hall–Kier alpha value is -0.750. The molecule has 0 spiro atoms. The molecule has 1 heterocycles. The lowest BCUT2D eigenvalue weighted by Crippen LogP contribution is -2.33. The molecular weight excluding hydrogens is 296 g/mol. The van der Waals surface area contributed by atoms with Crippen molar-refractivity contribution in [3.8, 4) is 0 Å². The first-order valence-electron chi connectivity index (χ1n) is 7.96. The molecule has 1 aliphatic heterocycles. The molecule has 1 N–H and O–H groups in total. The van der Waals surface area contributed by atoms with Gasteiger partial charge >= 0.3 is 0 Å². The molecule has 5 heteroatoms.